The van der Waals surface area contributed by atoms with Crippen molar-refractivity contribution in [2.24, 2.45) is 17.3 Å². The second-order valence-electron chi connectivity index (χ2n) is 8.77. The van der Waals surface area contributed by atoms with Crippen molar-refractivity contribution >= 4 is 0 Å². The summed E-state index contributed by atoms with van der Waals surface area (Å²) in [5.74, 6) is 0.913. The summed E-state index contributed by atoms with van der Waals surface area (Å²) < 4.78 is 13.0. The minimum absolute atomic E-state index is 0.0837. The summed E-state index contributed by atoms with van der Waals surface area (Å²) in [6, 6.07) is 8.68. The van der Waals surface area contributed by atoms with E-state index in [4.69, 9.17) is 9.47 Å². The van der Waals surface area contributed by atoms with E-state index in [9.17, 15) is 5.11 Å². The molecule has 2 fully saturated rings. The average molecular weight is 381 g/mol. The zero-order valence-electron chi connectivity index (χ0n) is 17.0. The third-order valence-corrected chi connectivity index (χ3v) is 6.74. The van der Waals surface area contributed by atoms with E-state index in [2.05, 4.69) is 74.6 Å². The smallest absolute Gasteiger partial charge is 0.0828 e. The van der Waals surface area contributed by atoms with Crippen LogP contribution in [0.1, 0.15) is 43.4 Å². The van der Waals surface area contributed by atoms with E-state index < -0.39 is 0 Å². The van der Waals surface area contributed by atoms with E-state index in [0.29, 0.717) is 18.3 Å². The summed E-state index contributed by atoms with van der Waals surface area (Å²) in [4.78, 5) is 0. The summed E-state index contributed by atoms with van der Waals surface area (Å²) in [5, 5.41) is 9.68. The van der Waals surface area contributed by atoms with Crippen molar-refractivity contribution < 1.29 is 14.6 Å². The molecule has 0 aromatic heterocycles. The Morgan fingerprint density at radius 3 is 2.43 bits per heavy atom. The molecule has 5 unspecified atom stereocenters. The molecule has 5 atom stereocenters. The Morgan fingerprint density at radius 2 is 1.75 bits per heavy atom. The van der Waals surface area contributed by atoms with E-state index >= 15 is 0 Å². The highest BCUT2D eigenvalue weighted by Gasteiger charge is 2.46. The summed E-state index contributed by atoms with van der Waals surface area (Å²) in [5.41, 5.74) is 2.39. The number of hydrogen-bond acceptors (Lipinski definition) is 3. The van der Waals surface area contributed by atoms with Crippen LogP contribution in [0.3, 0.4) is 0 Å². The standard InChI is InChI=1S/C25H32O3/c1-18-7-9-19(10-8-18)23-16-21-20(17-27-23)15-24(28-22(21)11-14-26)25(2)12-5-3-4-6-13-25/h3-10,12-13,20-24,26H,11,14-17H2,1-2H3. The van der Waals surface area contributed by atoms with Gasteiger partial charge in [-0.25, -0.2) is 0 Å². The average Bonchev–Trinajstić information content (AvgIpc) is 2.94. The predicted octanol–water partition coefficient (Wildman–Crippen LogP) is 4.92. The topological polar surface area (TPSA) is 38.7 Å². The van der Waals surface area contributed by atoms with Crippen LogP contribution in [-0.4, -0.2) is 30.5 Å². The number of benzene rings is 1. The summed E-state index contributed by atoms with van der Waals surface area (Å²) in [6.45, 7) is 5.29. The van der Waals surface area contributed by atoms with Crippen molar-refractivity contribution in [1.82, 2.24) is 0 Å². The van der Waals surface area contributed by atoms with Crippen molar-refractivity contribution in [3.8, 4) is 0 Å². The van der Waals surface area contributed by atoms with Gasteiger partial charge in [0.25, 0.3) is 0 Å². The van der Waals surface area contributed by atoms with Crippen LogP contribution in [0, 0.1) is 24.2 Å². The number of fused-ring (bicyclic) bond motifs is 1. The number of ether oxygens (including phenoxy) is 2. The second-order valence-corrected chi connectivity index (χ2v) is 8.77. The molecule has 1 aliphatic carbocycles. The van der Waals surface area contributed by atoms with E-state index in [-0.39, 0.29) is 30.3 Å². The van der Waals surface area contributed by atoms with Gasteiger partial charge < -0.3 is 14.6 Å². The molecule has 2 heterocycles. The molecular formula is C25H32O3. The summed E-state index contributed by atoms with van der Waals surface area (Å²) >= 11 is 0. The van der Waals surface area contributed by atoms with Crippen LogP contribution in [0.25, 0.3) is 0 Å². The molecule has 3 heteroatoms. The maximum atomic E-state index is 9.68. The quantitative estimate of drug-likeness (QED) is 0.806. The van der Waals surface area contributed by atoms with E-state index in [1.807, 2.05) is 0 Å². The van der Waals surface area contributed by atoms with E-state index in [1.165, 1.54) is 11.1 Å². The van der Waals surface area contributed by atoms with Crippen LogP contribution in [0.2, 0.25) is 0 Å². The molecule has 0 spiro atoms. The molecule has 150 valence electrons. The van der Waals surface area contributed by atoms with Crippen LogP contribution in [0.5, 0.6) is 0 Å². The van der Waals surface area contributed by atoms with Gasteiger partial charge in [-0.15, -0.1) is 0 Å². The Kier molecular flexibility index (Phi) is 5.86. The summed E-state index contributed by atoms with van der Waals surface area (Å²) in [6.07, 6.45) is 15.8. The molecule has 4 rings (SSSR count). The lowest BCUT2D eigenvalue weighted by Crippen LogP contribution is -2.50. The highest BCUT2D eigenvalue weighted by molar-refractivity contribution is 5.26. The third-order valence-electron chi connectivity index (χ3n) is 6.74. The van der Waals surface area contributed by atoms with Gasteiger partial charge in [-0.2, -0.15) is 0 Å². The molecule has 28 heavy (non-hydrogen) atoms. The maximum absolute atomic E-state index is 9.68. The Hall–Kier alpha value is -1.68. The molecular weight excluding hydrogens is 348 g/mol. The van der Waals surface area contributed by atoms with Crippen LogP contribution in [-0.2, 0) is 9.47 Å². The molecule has 0 saturated carbocycles. The van der Waals surface area contributed by atoms with Crippen LogP contribution in [0.15, 0.2) is 60.7 Å². The van der Waals surface area contributed by atoms with E-state index in [0.717, 1.165) is 19.4 Å². The third kappa shape index (κ3) is 4.03. The minimum atomic E-state index is -0.129. The fourth-order valence-electron chi connectivity index (χ4n) is 4.96. The lowest BCUT2D eigenvalue weighted by atomic mass is 9.70. The first-order chi connectivity index (χ1) is 13.6. The first kappa shape index (κ1) is 19.6. The monoisotopic (exact) mass is 380 g/mol. The molecule has 0 radical (unpaired) electrons. The van der Waals surface area contributed by atoms with Gasteiger partial charge in [0.15, 0.2) is 0 Å². The number of aryl methyl sites for hydroxylation is 1. The van der Waals surface area contributed by atoms with Gasteiger partial charge in [-0.05, 0) is 43.6 Å². The zero-order valence-corrected chi connectivity index (χ0v) is 17.0. The number of aliphatic hydroxyl groups is 1. The van der Waals surface area contributed by atoms with Gasteiger partial charge in [0.1, 0.15) is 0 Å². The number of rotatable bonds is 4. The Labute approximate surface area is 168 Å². The molecule has 0 amide bonds. The van der Waals surface area contributed by atoms with Crippen molar-refractivity contribution in [3.05, 3.63) is 71.8 Å². The zero-order chi connectivity index (χ0) is 19.6. The normalized spacial score (nSPS) is 34.0. The predicted molar refractivity (Wildman–Crippen MR) is 112 cm³/mol. The molecule has 0 bridgehead atoms. The molecule has 3 aliphatic rings. The molecule has 1 N–H and O–H groups in total. The molecule has 3 nitrogen and oxygen atoms in total. The highest BCUT2D eigenvalue weighted by Crippen LogP contribution is 2.47. The molecule has 2 aliphatic heterocycles. The number of allylic oxidation sites excluding steroid dienone is 4. The fourth-order valence-corrected chi connectivity index (χ4v) is 4.96. The Morgan fingerprint density at radius 1 is 1.04 bits per heavy atom. The van der Waals surface area contributed by atoms with Gasteiger partial charge >= 0.3 is 0 Å². The Bertz CT molecular complexity index is 730. The summed E-state index contributed by atoms with van der Waals surface area (Å²) in [7, 11) is 0. The van der Waals surface area contributed by atoms with Crippen LogP contribution in [0.4, 0.5) is 0 Å². The van der Waals surface area contributed by atoms with Gasteiger partial charge in [0.2, 0.25) is 0 Å². The van der Waals surface area contributed by atoms with Crippen molar-refractivity contribution in [3.63, 3.8) is 0 Å². The number of hydrogen-bond donors (Lipinski definition) is 1. The SMILES string of the molecule is Cc1ccc(C2CC3C(CO2)CC(C2(C)C=CC=CC=C2)OC3CCO)cc1. The van der Waals surface area contributed by atoms with Crippen molar-refractivity contribution in [1.29, 1.82) is 0 Å². The lowest BCUT2D eigenvalue weighted by Gasteiger charge is -2.50. The van der Waals surface area contributed by atoms with Crippen LogP contribution < -0.4 is 0 Å². The minimum Gasteiger partial charge on any atom is -0.396 e. The first-order valence-electron chi connectivity index (χ1n) is 10.6. The van der Waals surface area contributed by atoms with Crippen LogP contribution >= 0.6 is 0 Å². The van der Waals surface area contributed by atoms with Crippen molar-refractivity contribution in [2.45, 2.75) is 51.4 Å². The molecule has 1 aromatic carbocycles. The maximum Gasteiger partial charge on any atom is 0.0828 e. The van der Waals surface area contributed by atoms with Gasteiger partial charge in [0, 0.05) is 12.0 Å². The molecule has 2 saturated heterocycles. The largest absolute Gasteiger partial charge is 0.396 e. The lowest BCUT2D eigenvalue weighted by molar-refractivity contribution is -0.185. The first-order valence-corrected chi connectivity index (χ1v) is 10.6. The second kappa shape index (κ2) is 8.36. The van der Waals surface area contributed by atoms with Gasteiger partial charge in [-0.3, -0.25) is 0 Å². The van der Waals surface area contributed by atoms with E-state index in [1.54, 1.807) is 0 Å². The fraction of sp³-hybridized carbons (Fsp3) is 0.520. The number of aliphatic hydroxyl groups excluding tert-OH is 1. The van der Waals surface area contributed by atoms with Crippen molar-refractivity contribution in [2.75, 3.05) is 13.2 Å². The molecule has 1 aromatic rings. The van der Waals surface area contributed by atoms with Gasteiger partial charge in [-0.1, -0.05) is 73.2 Å². The highest BCUT2D eigenvalue weighted by atomic mass is 16.5. The van der Waals surface area contributed by atoms with Gasteiger partial charge in [0.05, 0.1) is 24.9 Å². The Balaban J connectivity index is 1.52.